The largest absolute Gasteiger partial charge is 0.371 e. The van der Waals surface area contributed by atoms with E-state index in [0.717, 1.165) is 42.9 Å². The van der Waals surface area contributed by atoms with Crippen LogP contribution in [0.25, 0.3) is 0 Å². The first-order valence-electron chi connectivity index (χ1n) is 11.7. The Morgan fingerprint density at radius 1 is 1.12 bits per heavy atom. The maximum Gasteiger partial charge on any atom is 0.256 e. The molecule has 4 rings (SSSR count). The smallest absolute Gasteiger partial charge is 0.256 e. The zero-order valence-electron chi connectivity index (χ0n) is 19.1. The molecule has 1 fully saturated rings. The van der Waals surface area contributed by atoms with E-state index in [1.54, 1.807) is 0 Å². The van der Waals surface area contributed by atoms with E-state index in [9.17, 15) is 9.59 Å². The minimum Gasteiger partial charge on any atom is -0.371 e. The van der Waals surface area contributed by atoms with Gasteiger partial charge in [0, 0.05) is 42.4 Å². The van der Waals surface area contributed by atoms with Crippen molar-refractivity contribution in [3.63, 3.8) is 0 Å². The maximum absolute atomic E-state index is 13.1. The molecule has 170 valence electrons. The highest BCUT2D eigenvalue weighted by Crippen LogP contribution is 2.31. The normalized spacial score (nSPS) is 16.0. The second kappa shape index (κ2) is 10.4. The standard InChI is InChI=1S/C26H33N3O2S/c1-3-29-16-15-19-13-14-20(17-23(19)29)27-26(31)22-11-7-8-12-24(22)32-18-25(30)28(2)21-9-5-4-6-10-21/h7-8,11-14,17,21H,3-6,9-10,15-16,18H2,1-2H3,(H,27,31). The van der Waals surface area contributed by atoms with Gasteiger partial charge in [-0.05, 0) is 56.0 Å². The molecule has 6 heteroatoms. The quantitative estimate of drug-likeness (QED) is 0.588. The summed E-state index contributed by atoms with van der Waals surface area (Å²) < 4.78 is 0. The monoisotopic (exact) mass is 451 g/mol. The van der Waals surface area contributed by atoms with Crippen molar-refractivity contribution < 1.29 is 9.59 Å². The number of thioether (sulfide) groups is 1. The van der Waals surface area contributed by atoms with Crippen LogP contribution in [0, 0.1) is 0 Å². The average molecular weight is 452 g/mol. The fourth-order valence-corrected chi connectivity index (χ4v) is 5.72. The number of likely N-dealkylation sites (N-methyl/N-ethyl adjacent to an activating group) is 1. The minimum absolute atomic E-state index is 0.135. The molecule has 1 aliphatic heterocycles. The number of carbonyl (C=O) groups excluding carboxylic acids is 2. The van der Waals surface area contributed by atoms with Gasteiger partial charge < -0.3 is 15.1 Å². The Labute approximate surface area is 195 Å². The van der Waals surface area contributed by atoms with Gasteiger partial charge in [0.1, 0.15) is 0 Å². The van der Waals surface area contributed by atoms with Crippen LogP contribution in [0.2, 0.25) is 0 Å². The fourth-order valence-electron chi connectivity index (χ4n) is 4.74. The van der Waals surface area contributed by atoms with Gasteiger partial charge in [-0.25, -0.2) is 0 Å². The summed E-state index contributed by atoms with van der Waals surface area (Å²) in [6, 6.07) is 14.1. The lowest BCUT2D eigenvalue weighted by molar-refractivity contribution is -0.129. The summed E-state index contributed by atoms with van der Waals surface area (Å²) in [4.78, 5) is 30.9. The Balaban J connectivity index is 1.41. The van der Waals surface area contributed by atoms with Gasteiger partial charge in [-0.3, -0.25) is 9.59 Å². The molecule has 0 bridgehead atoms. The van der Waals surface area contributed by atoms with Crippen molar-refractivity contribution in [1.82, 2.24) is 4.90 Å². The summed E-state index contributed by atoms with van der Waals surface area (Å²) >= 11 is 1.45. The lowest BCUT2D eigenvalue weighted by atomic mass is 9.94. The molecule has 0 unspecified atom stereocenters. The number of fused-ring (bicyclic) bond motifs is 1. The highest BCUT2D eigenvalue weighted by atomic mass is 32.2. The van der Waals surface area contributed by atoms with E-state index >= 15 is 0 Å². The van der Waals surface area contributed by atoms with Crippen LogP contribution in [0.5, 0.6) is 0 Å². The number of hydrogen-bond acceptors (Lipinski definition) is 4. The molecule has 2 aromatic carbocycles. The summed E-state index contributed by atoms with van der Waals surface area (Å²) in [6.45, 7) is 4.15. The van der Waals surface area contributed by atoms with Crippen LogP contribution in [-0.2, 0) is 11.2 Å². The number of nitrogens with one attached hydrogen (secondary N) is 1. The molecule has 2 aromatic rings. The van der Waals surface area contributed by atoms with Crippen LogP contribution < -0.4 is 10.2 Å². The lowest BCUT2D eigenvalue weighted by Crippen LogP contribution is -2.39. The molecule has 5 nitrogen and oxygen atoms in total. The van der Waals surface area contributed by atoms with Crippen LogP contribution >= 0.6 is 11.8 Å². The van der Waals surface area contributed by atoms with E-state index in [4.69, 9.17) is 0 Å². The van der Waals surface area contributed by atoms with Gasteiger partial charge in [-0.1, -0.05) is 37.5 Å². The Bertz CT molecular complexity index is 971. The second-order valence-corrected chi connectivity index (χ2v) is 9.73. The SMILES string of the molecule is CCN1CCc2ccc(NC(=O)c3ccccc3SCC(=O)N(C)C3CCCCC3)cc21. The maximum atomic E-state index is 13.1. The van der Waals surface area contributed by atoms with Gasteiger partial charge in [0.05, 0.1) is 11.3 Å². The van der Waals surface area contributed by atoms with E-state index in [-0.39, 0.29) is 11.8 Å². The molecular weight excluding hydrogens is 418 g/mol. The van der Waals surface area contributed by atoms with Crippen LogP contribution in [-0.4, -0.2) is 48.6 Å². The van der Waals surface area contributed by atoms with Gasteiger partial charge in [0.2, 0.25) is 5.91 Å². The summed E-state index contributed by atoms with van der Waals surface area (Å²) in [5.41, 5.74) is 3.96. The van der Waals surface area contributed by atoms with Gasteiger partial charge in [0.15, 0.2) is 0 Å². The third-order valence-corrected chi connectivity index (χ3v) is 7.77. The third-order valence-electron chi connectivity index (χ3n) is 6.72. The first-order chi connectivity index (χ1) is 15.6. The third kappa shape index (κ3) is 5.12. The molecule has 1 N–H and O–H groups in total. The average Bonchev–Trinajstić information content (AvgIpc) is 3.25. The van der Waals surface area contributed by atoms with Crippen LogP contribution in [0.4, 0.5) is 11.4 Å². The van der Waals surface area contributed by atoms with Gasteiger partial charge in [-0.2, -0.15) is 0 Å². The van der Waals surface area contributed by atoms with Crippen LogP contribution in [0.15, 0.2) is 47.4 Å². The summed E-state index contributed by atoms with van der Waals surface area (Å²) in [7, 11) is 1.92. The summed E-state index contributed by atoms with van der Waals surface area (Å²) in [5.74, 6) is 0.347. The highest BCUT2D eigenvalue weighted by Gasteiger charge is 2.23. The zero-order chi connectivity index (χ0) is 22.5. The van der Waals surface area contributed by atoms with Crippen molar-refractivity contribution in [3.05, 3.63) is 53.6 Å². The van der Waals surface area contributed by atoms with Crippen molar-refractivity contribution in [2.45, 2.75) is 56.4 Å². The number of nitrogens with zero attached hydrogens (tertiary/aromatic N) is 2. The Morgan fingerprint density at radius 3 is 2.69 bits per heavy atom. The van der Waals surface area contributed by atoms with Crippen molar-refractivity contribution in [2.75, 3.05) is 36.1 Å². The second-order valence-electron chi connectivity index (χ2n) is 8.71. The Kier molecular flexibility index (Phi) is 7.40. The molecule has 2 amide bonds. The fraction of sp³-hybridized carbons (Fsp3) is 0.462. The molecule has 0 atom stereocenters. The van der Waals surface area contributed by atoms with Crippen molar-refractivity contribution in [2.24, 2.45) is 0 Å². The molecular formula is C26H33N3O2S. The number of amides is 2. The summed E-state index contributed by atoms with van der Waals surface area (Å²) in [6.07, 6.45) is 6.94. The zero-order valence-corrected chi connectivity index (χ0v) is 19.9. The van der Waals surface area contributed by atoms with E-state index in [1.807, 2.05) is 42.3 Å². The topological polar surface area (TPSA) is 52.7 Å². The van der Waals surface area contributed by atoms with Crippen molar-refractivity contribution in [3.8, 4) is 0 Å². The first-order valence-corrected chi connectivity index (χ1v) is 12.7. The van der Waals surface area contributed by atoms with Crippen LogP contribution in [0.1, 0.15) is 54.9 Å². The molecule has 2 aliphatic rings. The Hall–Kier alpha value is -2.47. The molecule has 0 radical (unpaired) electrons. The molecule has 0 aromatic heterocycles. The van der Waals surface area contributed by atoms with Gasteiger partial charge >= 0.3 is 0 Å². The number of rotatable bonds is 7. The molecule has 0 saturated heterocycles. The molecule has 1 aliphatic carbocycles. The molecule has 1 saturated carbocycles. The van der Waals surface area contributed by atoms with Gasteiger partial charge in [0.25, 0.3) is 5.91 Å². The lowest BCUT2D eigenvalue weighted by Gasteiger charge is -2.31. The number of benzene rings is 2. The predicted molar refractivity (Wildman–Crippen MR) is 133 cm³/mol. The molecule has 32 heavy (non-hydrogen) atoms. The van der Waals surface area contributed by atoms with E-state index < -0.39 is 0 Å². The van der Waals surface area contributed by atoms with Crippen molar-refractivity contribution in [1.29, 1.82) is 0 Å². The highest BCUT2D eigenvalue weighted by molar-refractivity contribution is 8.00. The van der Waals surface area contributed by atoms with Crippen LogP contribution in [0.3, 0.4) is 0 Å². The molecule has 1 heterocycles. The van der Waals surface area contributed by atoms with Crippen molar-refractivity contribution >= 4 is 35.0 Å². The minimum atomic E-state index is -0.137. The Morgan fingerprint density at radius 2 is 1.91 bits per heavy atom. The molecule has 0 spiro atoms. The van der Waals surface area contributed by atoms with Gasteiger partial charge in [-0.15, -0.1) is 11.8 Å². The number of anilines is 2. The number of carbonyl (C=O) groups is 2. The first kappa shape index (κ1) is 22.7. The predicted octanol–water partition coefficient (Wildman–Crippen LogP) is 5.20. The van der Waals surface area contributed by atoms with E-state index in [0.29, 0.717) is 17.4 Å². The van der Waals surface area contributed by atoms with E-state index in [1.165, 1.54) is 42.3 Å². The summed E-state index contributed by atoms with van der Waals surface area (Å²) in [5, 5.41) is 3.06. The number of hydrogen-bond donors (Lipinski definition) is 1. The van der Waals surface area contributed by atoms with E-state index in [2.05, 4.69) is 29.3 Å².